The molecule has 6 heteroatoms. The average molecular weight is 332 g/mol. The van der Waals surface area contributed by atoms with Crippen LogP contribution in [0.3, 0.4) is 0 Å². The fourth-order valence-electron chi connectivity index (χ4n) is 2.47. The van der Waals surface area contributed by atoms with E-state index in [4.69, 9.17) is 23.2 Å². The maximum atomic E-state index is 13.8. The van der Waals surface area contributed by atoms with Crippen molar-refractivity contribution in [2.45, 2.75) is 25.8 Å². The molecule has 2 rings (SSSR count). The molecule has 0 saturated carbocycles. The molecule has 0 amide bonds. The number of hydrogen-bond acceptors (Lipinski definition) is 2. The summed E-state index contributed by atoms with van der Waals surface area (Å²) in [6, 6.07) is 3.27. The topological polar surface area (TPSA) is 21.1 Å². The van der Waals surface area contributed by atoms with Crippen molar-refractivity contribution in [3.05, 3.63) is 28.8 Å². The molecule has 0 aliphatic rings. The van der Waals surface area contributed by atoms with Crippen LogP contribution in [-0.2, 0) is 6.42 Å². The van der Waals surface area contributed by atoms with Crippen LogP contribution in [-0.4, -0.2) is 41.0 Å². The molecular formula is C15H20Cl2FN3. The molecule has 0 bridgehead atoms. The van der Waals surface area contributed by atoms with E-state index in [2.05, 4.69) is 21.4 Å². The van der Waals surface area contributed by atoms with Crippen molar-refractivity contribution < 1.29 is 4.39 Å². The van der Waals surface area contributed by atoms with Gasteiger partial charge in [-0.3, -0.25) is 0 Å². The number of aryl methyl sites for hydroxylation is 1. The highest BCUT2D eigenvalue weighted by molar-refractivity contribution is 6.31. The van der Waals surface area contributed by atoms with Gasteiger partial charge in [0.2, 0.25) is 0 Å². The standard InChI is InChI=1S/C15H20Cl2FN3/c1-10(5-7-20(2)3)21-14-9-12(18)11(17)8-13(14)19-15(21)4-6-16/h8-10H,4-7H2,1-3H3. The van der Waals surface area contributed by atoms with E-state index >= 15 is 0 Å². The summed E-state index contributed by atoms with van der Waals surface area (Å²) >= 11 is 11.7. The number of aromatic nitrogens is 2. The van der Waals surface area contributed by atoms with E-state index in [-0.39, 0.29) is 11.1 Å². The second-order valence-corrected chi connectivity index (χ2v) is 6.32. The van der Waals surface area contributed by atoms with Crippen LogP contribution in [0.25, 0.3) is 11.0 Å². The van der Waals surface area contributed by atoms with E-state index in [0.717, 1.165) is 29.8 Å². The van der Waals surface area contributed by atoms with Crippen LogP contribution in [0.1, 0.15) is 25.2 Å². The van der Waals surface area contributed by atoms with Crippen LogP contribution in [0.2, 0.25) is 5.02 Å². The zero-order chi connectivity index (χ0) is 15.6. The van der Waals surface area contributed by atoms with E-state index < -0.39 is 5.82 Å². The minimum Gasteiger partial charge on any atom is -0.325 e. The van der Waals surface area contributed by atoms with Gasteiger partial charge in [0, 0.05) is 24.4 Å². The zero-order valence-corrected chi connectivity index (χ0v) is 14.0. The van der Waals surface area contributed by atoms with Crippen LogP contribution in [0, 0.1) is 5.82 Å². The van der Waals surface area contributed by atoms with Gasteiger partial charge in [-0.25, -0.2) is 9.37 Å². The zero-order valence-electron chi connectivity index (χ0n) is 12.5. The van der Waals surface area contributed by atoms with Crippen molar-refractivity contribution in [3.8, 4) is 0 Å². The molecule has 0 radical (unpaired) electrons. The van der Waals surface area contributed by atoms with E-state index in [9.17, 15) is 4.39 Å². The molecule has 2 aromatic rings. The fourth-order valence-corrected chi connectivity index (χ4v) is 2.79. The quantitative estimate of drug-likeness (QED) is 0.742. The highest BCUT2D eigenvalue weighted by Crippen LogP contribution is 2.28. The first-order valence-electron chi connectivity index (χ1n) is 7.00. The molecule has 116 valence electrons. The first-order chi connectivity index (χ1) is 9.93. The Balaban J connectivity index is 2.47. The second-order valence-electron chi connectivity index (χ2n) is 5.53. The van der Waals surface area contributed by atoms with Crippen molar-refractivity contribution in [1.29, 1.82) is 0 Å². The Morgan fingerprint density at radius 2 is 2.10 bits per heavy atom. The van der Waals surface area contributed by atoms with E-state index in [0.29, 0.717) is 12.3 Å². The first kappa shape index (κ1) is 16.5. The van der Waals surface area contributed by atoms with Gasteiger partial charge in [0.05, 0.1) is 16.1 Å². The van der Waals surface area contributed by atoms with Gasteiger partial charge in [0.15, 0.2) is 0 Å². The lowest BCUT2D eigenvalue weighted by Crippen LogP contribution is -2.18. The minimum absolute atomic E-state index is 0.102. The maximum Gasteiger partial charge on any atom is 0.144 e. The predicted molar refractivity (Wildman–Crippen MR) is 87.0 cm³/mol. The number of rotatable bonds is 6. The molecule has 1 heterocycles. The Morgan fingerprint density at radius 1 is 1.38 bits per heavy atom. The number of alkyl halides is 1. The van der Waals surface area contributed by atoms with Gasteiger partial charge in [-0.1, -0.05) is 11.6 Å². The highest BCUT2D eigenvalue weighted by atomic mass is 35.5. The Morgan fingerprint density at radius 3 is 2.71 bits per heavy atom. The second kappa shape index (κ2) is 6.95. The lowest BCUT2D eigenvalue weighted by atomic mass is 10.2. The van der Waals surface area contributed by atoms with Crippen molar-refractivity contribution >= 4 is 34.2 Å². The molecule has 3 nitrogen and oxygen atoms in total. The summed E-state index contributed by atoms with van der Waals surface area (Å²) in [5.74, 6) is 0.954. The van der Waals surface area contributed by atoms with Crippen molar-refractivity contribution in [1.82, 2.24) is 14.5 Å². The number of benzene rings is 1. The SMILES string of the molecule is CC(CCN(C)C)n1c(CCCl)nc2cc(Cl)c(F)cc21. The van der Waals surface area contributed by atoms with Gasteiger partial charge in [0.1, 0.15) is 11.6 Å². The molecule has 0 spiro atoms. The summed E-state index contributed by atoms with van der Waals surface area (Å²) in [7, 11) is 4.08. The van der Waals surface area contributed by atoms with Gasteiger partial charge >= 0.3 is 0 Å². The summed E-state index contributed by atoms with van der Waals surface area (Å²) in [6.07, 6.45) is 1.61. The number of fused-ring (bicyclic) bond motifs is 1. The number of halogens is 3. The van der Waals surface area contributed by atoms with Crippen LogP contribution >= 0.6 is 23.2 Å². The summed E-state index contributed by atoms with van der Waals surface area (Å²) in [5.41, 5.74) is 1.50. The molecule has 1 atom stereocenters. The highest BCUT2D eigenvalue weighted by Gasteiger charge is 2.17. The summed E-state index contributed by atoms with van der Waals surface area (Å²) in [5, 5.41) is 0.102. The van der Waals surface area contributed by atoms with Gasteiger partial charge in [-0.05, 0) is 40.1 Å². The Bertz CT molecular complexity index is 625. The number of nitrogens with zero attached hydrogens (tertiary/aromatic N) is 3. The summed E-state index contributed by atoms with van der Waals surface area (Å²) in [6.45, 7) is 3.08. The summed E-state index contributed by atoms with van der Waals surface area (Å²) in [4.78, 5) is 6.70. The molecule has 21 heavy (non-hydrogen) atoms. The molecule has 1 aromatic heterocycles. The lowest BCUT2D eigenvalue weighted by molar-refractivity contribution is 0.357. The third kappa shape index (κ3) is 3.68. The van der Waals surface area contributed by atoms with Gasteiger partial charge < -0.3 is 9.47 Å². The van der Waals surface area contributed by atoms with E-state index in [1.807, 2.05) is 14.1 Å². The van der Waals surface area contributed by atoms with Gasteiger partial charge in [0.25, 0.3) is 0 Å². The third-order valence-corrected chi connectivity index (χ3v) is 4.04. The molecule has 1 unspecified atom stereocenters. The fraction of sp³-hybridized carbons (Fsp3) is 0.533. The Kier molecular flexibility index (Phi) is 5.47. The summed E-state index contributed by atoms with van der Waals surface area (Å²) < 4.78 is 15.9. The van der Waals surface area contributed by atoms with E-state index in [1.54, 1.807) is 6.07 Å². The molecule has 0 aliphatic heterocycles. The van der Waals surface area contributed by atoms with Crippen LogP contribution in [0.5, 0.6) is 0 Å². The minimum atomic E-state index is -0.414. The molecule has 0 N–H and O–H groups in total. The van der Waals surface area contributed by atoms with Crippen molar-refractivity contribution in [2.24, 2.45) is 0 Å². The molecule has 0 fully saturated rings. The molecular weight excluding hydrogens is 312 g/mol. The van der Waals surface area contributed by atoms with Crippen LogP contribution in [0.15, 0.2) is 12.1 Å². The van der Waals surface area contributed by atoms with Crippen molar-refractivity contribution in [3.63, 3.8) is 0 Å². The average Bonchev–Trinajstić information content (AvgIpc) is 2.74. The normalized spacial score (nSPS) is 13.3. The molecule has 0 saturated heterocycles. The third-order valence-electron chi connectivity index (χ3n) is 3.56. The molecule has 0 aliphatic carbocycles. The predicted octanol–water partition coefficient (Wildman–Crippen LogP) is 4.12. The smallest absolute Gasteiger partial charge is 0.144 e. The Labute approximate surface area is 134 Å². The monoisotopic (exact) mass is 331 g/mol. The first-order valence-corrected chi connectivity index (χ1v) is 7.91. The number of imidazole rings is 1. The van der Waals surface area contributed by atoms with Crippen LogP contribution < -0.4 is 0 Å². The maximum absolute atomic E-state index is 13.8. The van der Waals surface area contributed by atoms with Gasteiger partial charge in [-0.2, -0.15) is 0 Å². The van der Waals surface area contributed by atoms with Gasteiger partial charge in [-0.15, -0.1) is 11.6 Å². The van der Waals surface area contributed by atoms with Crippen LogP contribution in [0.4, 0.5) is 4.39 Å². The largest absolute Gasteiger partial charge is 0.325 e. The van der Waals surface area contributed by atoms with Crippen molar-refractivity contribution in [2.75, 3.05) is 26.5 Å². The number of hydrogen-bond donors (Lipinski definition) is 0. The van der Waals surface area contributed by atoms with E-state index in [1.165, 1.54) is 6.07 Å². The lowest BCUT2D eigenvalue weighted by Gasteiger charge is -2.19. The molecule has 1 aromatic carbocycles. The Hall–Kier alpha value is -0.840.